The number of aliphatic carboxylic acids is 1. The molecule has 0 fully saturated rings. The van der Waals surface area contributed by atoms with E-state index in [1.807, 2.05) is 0 Å². The molecule has 2 N–H and O–H groups in total. The molecular weight excluding hydrogens is 330 g/mol. The first-order valence-electron chi connectivity index (χ1n) is 8.07. The molecule has 6 nitrogen and oxygen atoms in total. The lowest BCUT2D eigenvalue weighted by atomic mass is 9.85. The number of esters is 1. The number of anilines is 1. The maximum Gasteiger partial charge on any atom is 0.341 e. The minimum absolute atomic E-state index is 0.0735. The third-order valence-electron chi connectivity index (χ3n) is 3.92. The Morgan fingerprint density at radius 2 is 1.96 bits per heavy atom. The van der Waals surface area contributed by atoms with Gasteiger partial charge in [0.2, 0.25) is 5.91 Å². The van der Waals surface area contributed by atoms with E-state index < -0.39 is 17.4 Å². The van der Waals surface area contributed by atoms with Crippen molar-refractivity contribution in [2.75, 3.05) is 11.9 Å². The highest BCUT2D eigenvalue weighted by molar-refractivity contribution is 7.17. The van der Waals surface area contributed by atoms with E-state index in [4.69, 9.17) is 9.84 Å². The topological polar surface area (TPSA) is 92.7 Å². The predicted octanol–water partition coefficient (Wildman–Crippen LogP) is 3.24. The number of hydrogen-bond acceptors (Lipinski definition) is 5. The maximum atomic E-state index is 12.3. The second-order valence-corrected chi connectivity index (χ2v) is 7.85. The van der Waals surface area contributed by atoms with Crippen LogP contribution in [0.3, 0.4) is 0 Å². The van der Waals surface area contributed by atoms with Crippen LogP contribution in [0.25, 0.3) is 0 Å². The van der Waals surface area contributed by atoms with Gasteiger partial charge in [0, 0.05) is 11.3 Å². The lowest BCUT2D eigenvalue weighted by Crippen LogP contribution is -2.25. The molecule has 0 unspecified atom stereocenters. The van der Waals surface area contributed by atoms with Gasteiger partial charge in [-0.15, -0.1) is 11.3 Å². The maximum absolute atomic E-state index is 12.3. The Labute approximate surface area is 145 Å². The summed E-state index contributed by atoms with van der Waals surface area (Å²) in [5.41, 5.74) is 0.803. The summed E-state index contributed by atoms with van der Waals surface area (Å²) in [6.07, 6.45) is 2.72. The second kappa shape index (κ2) is 7.34. The number of carboxylic acid groups (broad SMARTS) is 1. The van der Waals surface area contributed by atoms with E-state index in [1.54, 1.807) is 20.8 Å². The van der Waals surface area contributed by atoms with Gasteiger partial charge >= 0.3 is 11.9 Å². The number of aryl methyl sites for hydroxylation is 1. The summed E-state index contributed by atoms with van der Waals surface area (Å²) in [6, 6.07) is 0. The fourth-order valence-corrected chi connectivity index (χ4v) is 4.28. The molecule has 2 rings (SSSR count). The number of carbonyl (C=O) groups is 3. The van der Waals surface area contributed by atoms with Crippen molar-refractivity contribution >= 4 is 34.2 Å². The van der Waals surface area contributed by atoms with Gasteiger partial charge in [-0.05, 0) is 37.2 Å². The van der Waals surface area contributed by atoms with Crippen molar-refractivity contribution in [2.45, 2.75) is 52.9 Å². The van der Waals surface area contributed by atoms with Crippen LogP contribution < -0.4 is 5.32 Å². The minimum Gasteiger partial charge on any atom is -0.481 e. The van der Waals surface area contributed by atoms with Gasteiger partial charge in [0.25, 0.3) is 0 Å². The zero-order chi connectivity index (χ0) is 17.9. The largest absolute Gasteiger partial charge is 0.481 e. The summed E-state index contributed by atoms with van der Waals surface area (Å²) in [5.74, 6) is -1.63. The van der Waals surface area contributed by atoms with Gasteiger partial charge in [0.15, 0.2) is 0 Å². The van der Waals surface area contributed by atoms with Gasteiger partial charge in [-0.25, -0.2) is 4.79 Å². The van der Waals surface area contributed by atoms with Crippen molar-refractivity contribution in [3.05, 3.63) is 16.0 Å². The molecule has 0 bridgehead atoms. The van der Waals surface area contributed by atoms with Crippen LogP contribution in [-0.4, -0.2) is 29.6 Å². The molecule has 7 heteroatoms. The van der Waals surface area contributed by atoms with Crippen LogP contribution in [-0.2, 0) is 27.2 Å². The van der Waals surface area contributed by atoms with E-state index in [1.165, 1.54) is 11.3 Å². The molecule has 0 saturated carbocycles. The molecule has 1 amide bonds. The van der Waals surface area contributed by atoms with Crippen molar-refractivity contribution in [3.63, 3.8) is 0 Å². The van der Waals surface area contributed by atoms with E-state index in [2.05, 4.69) is 5.32 Å². The molecule has 0 saturated heterocycles. The SMILES string of the molecule is CCOC(=O)c1c(NC(=O)CC(C)(C)CC(=O)O)sc2c1CCC2. The summed E-state index contributed by atoms with van der Waals surface area (Å²) in [4.78, 5) is 36.6. The summed E-state index contributed by atoms with van der Waals surface area (Å²) in [6.45, 7) is 5.50. The molecular formula is C17H23NO5S. The van der Waals surface area contributed by atoms with Gasteiger partial charge < -0.3 is 15.2 Å². The Hall–Kier alpha value is -1.89. The van der Waals surface area contributed by atoms with Gasteiger partial charge in [-0.1, -0.05) is 13.8 Å². The molecule has 1 aromatic heterocycles. The number of rotatable bonds is 7. The Balaban J connectivity index is 2.16. The molecule has 1 heterocycles. The molecule has 0 aliphatic heterocycles. The van der Waals surface area contributed by atoms with Gasteiger partial charge in [-0.2, -0.15) is 0 Å². The highest BCUT2D eigenvalue weighted by Crippen LogP contribution is 2.40. The molecule has 132 valence electrons. The summed E-state index contributed by atoms with van der Waals surface area (Å²) >= 11 is 1.42. The van der Waals surface area contributed by atoms with E-state index in [-0.39, 0.29) is 25.4 Å². The summed E-state index contributed by atoms with van der Waals surface area (Å²) < 4.78 is 5.13. The van der Waals surface area contributed by atoms with Crippen molar-refractivity contribution in [3.8, 4) is 0 Å². The van der Waals surface area contributed by atoms with Crippen molar-refractivity contribution < 1.29 is 24.2 Å². The van der Waals surface area contributed by atoms with Crippen LogP contribution in [0.15, 0.2) is 0 Å². The molecule has 24 heavy (non-hydrogen) atoms. The van der Waals surface area contributed by atoms with Gasteiger partial charge in [0.05, 0.1) is 18.6 Å². The average Bonchev–Trinajstić information content (AvgIpc) is 2.95. The molecule has 1 aliphatic rings. The van der Waals surface area contributed by atoms with Crippen molar-refractivity contribution in [2.24, 2.45) is 5.41 Å². The smallest absolute Gasteiger partial charge is 0.341 e. The first kappa shape index (κ1) is 18.4. The van der Waals surface area contributed by atoms with E-state index in [9.17, 15) is 14.4 Å². The number of carboxylic acids is 1. The molecule has 0 spiro atoms. The number of nitrogens with one attached hydrogen (secondary N) is 1. The lowest BCUT2D eigenvalue weighted by molar-refractivity contribution is -0.139. The fourth-order valence-electron chi connectivity index (χ4n) is 2.99. The Kier molecular flexibility index (Phi) is 5.64. The van der Waals surface area contributed by atoms with Crippen molar-refractivity contribution in [1.82, 2.24) is 0 Å². The lowest BCUT2D eigenvalue weighted by Gasteiger charge is -2.21. The van der Waals surface area contributed by atoms with Gasteiger partial charge in [-0.3, -0.25) is 9.59 Å². The number of amides is 1. The summed E-state index contributed by atoms with van der Waals surface area (Å²) in [7, 11) is 0. The number of thiophene rings is 1. The number of ether oxygens (including phenoxy) is 1. The highest BCUT2D eigenvalue weighted by atomic mass is 32.1. The van der Waals surface area contributed by atoms with Crippen LogP contribution in [0, 0.1) is 5.41 Å². The van der Waals surface area contributed by atoms with Crippen LogP contribution in [0.5, 0.6) is 0 Å². The molecule has 0 aromatic carbocycles. The Bertz CT molecular complexity index is 662. The molecule has 1 aliphatic carbocycles. The number of carbonyl (C=O) groups excluding carboxylic acids is 2. The normalized spacial score (nSPS) is 13.5. The van der Waals surface area contributed by atoms with E-state index in [0.29, 0.717) is 10.6 Å². The number of hydrogen-bond donors (Lipinski definition) is 2. The first-order chi connectivity index (χ1) is 11.2. The zero-order valence-electron chi connectivity index (χ0n) is 14.2. The van der Waals surface area contributed by atoms with Gasteiger partial charge in [0.1, 0.15) is 5.00 Å². The number of fused-ring (bicyclic) bond motifs is 1. The second-order valence-electron chi connectivity index (χ2n) is 6.74. The minimum atomic E-state index is -0.935. The Morgan fingerprint density at radius 1 is 1.25 bits per heavy atom. The van der Waals surface area contributed by atoms with Crippen LogP contribution in [0.1, 0.15) is 60.8 Å². The molecule has 1 aromatic rings. The zero-order valence-corrected chi connectivity index (χ0v) is 15.0. The third kappa shape index (κ3) is 4.35. The molecule has 0 atom stereocenters. The van der Waals surface area contributed by atoms with E-state index in [0.717, 1.165) is 29.7 Å². The fraction of sp³-hybridized carbons (Fsp3) is 0.588. The first-order valence-corrected chi connectivity index (χ1v) is 8.88. The highest BCUT2D eigenvalue weighted by Gasteiger charge is 2.30. The predicted molar refractivity (Wildman–Crippen MR) is 91.6 cm³/mol. The average molecular weight is 353 g/mol. The quantitative estimate of drug-likeness (QED) is 0.734. The monoisotopic (exact) mass is 353 g/mol. The standard InChI is InChI=1S/C17H23NO5S/c1-4-23-16(22)14-10-6-5-7-11(10)24-15(14)18-12(19)8-17(2,3)9-13(20)21/h4-9H2,1-3H3,(H,18,19)(H,20,21). The molecule has 0 radical (unpaired) electrons. The summed E-state index contributed by atoms with van der Waals surface area (Å²) in [5, 5.41) is 12.2. The Morgan fingerprint density at radius 3 is 2.58 bits per heavy atom. The van der Waals surface area contributed by atoms with Crippen LogP contribution in [0.4, 0.5) is 5.00 Å². The van der Waals surface area contributed by atoms with Crippen LogP contribution in [0.2, 0.25) is 0 Å². The third-order valence-corrected chi connectivity index (χ3v) is 5.13. The van der Waals surface area contributed by atoms with E-state index >= 15 is 0 Å². The van der Waals surface area contributed by atoms with Crippen LogP contribution >= 0.6 is 11.3 Å². The van der Waals surface area contributed by atoms with Crippen molar-refractivity contribution in [1.29, 1.82) is 0 Å².